The van der Waals surface area contributed by atoms with Crippen LogP contribution in [-0.2, 0) is 14.8 Å². The Hall–Kier alpha value is -1.05. The van der Waals surface area contributed by atoms with E-state index in [-0.39, 0.29) is 17.6 Å². The number of nitrogens with two attached hydrogens (primary N) is 1. The molecule has 1 unspecified atom stereocenters. The number of benzene rings is 1. The summed E-state index contributed by atoms with van der Waals surface area (Å²) in [4.78, 5) is 14.8. The summed E-state index contributed by atoms with van der Waals surface area (Å²) in [6.45, 7) is 1.19. The number of carbonyl (C=O) groups is 1. The Labute approximate surface area is 129 Å². The van der Waals surface area contributed by atoms with Crippen molar-refractivity contribution in [3.63, 3.8) is 0 Å². The fourth-order valence-electron chi connectivity index (χ4n) is 2.47. The average molecular weight is 328 g/mol. The first-order valence-electron chi connectivity index (χ1n) is 6.90. The van der Waals surface area contributed by atoms with Crippen LogP contribution in [-0.4, -0.2) is 43.8 Å². The average Bonchev–Trinajstić information content (AvgIpc) is 2.74. The van der Waals surface area contributed by atoms with E-state index in [4.69, 9.17) is 5.14 Å². The van der Waals surface area contributed by atoms with Gasteiger partial charge in [0.15, 0.2) is 0 Å². The lowest BCUT2D eigenvalue weighted by molar-refractivity contribution is -0.127. The van der Waals surface area contributed by atoms with Gasteiger partial charge in [-0.15, -0.1) is 11.8 Å². The number of likely N-dealkylation sites (tertiary alicyclic amines) is 1. The molecule has 0 bridgehead atoms. The first-order chi connectivity index (χ1) is 9.94. The third kappa shape index (κ3) is 5.68. The lowest BCUT2D eigenvalue weighted by atomic mass is 10.1. The Bertz CT molecular complexity index is 575. The van der Waals surface area contributed by atoms with Gasteiger partial charge in [0, 0.05) is 30.3 Å². The number of primary sulfonamides is 1. The Balaban J connectivity index is 1.70. The van der Waals surface area contributed by atoms with E-state index in [1.807, 2.05) is 18.2 Å². The van der Waals surface area contributed by atoms with Gasteiger partial charge in [-0.1, -0.05) is 18.2 Å². The molecule has 1 aromatic rings. The van der Waals surface area contributed by atoms with E-state index in [9.17, 15) is 13.2 Å². The highest BCUT2D eigenvalue weighted by atomic mass is 32.2. The molecule has 1 aromatic carbocycles. The van der Waals surface area contributed by atoms with Gasteiger partial charge in [0.2, 0.25) is 15.9 Å². The minimum Gasteiger partial charge on any atom is -0.342 e. The van der Waals surface area contributed by atoms with E-state index >= 15 is 0 Å². The normalized spacial score (nSPS) is 19.2. The van der Waals surface area contributed by atoms with Gasteiger partial charge in [0.1, 0.15) is 0 Å². The second-order valence-electron chi connectivity index (χ2n) is 5.25. The number of sulfonamides is 1. The standard InChI is InChI=1S/C14H20N2O3S2/c15-21(18,19)11-12-9-14(17)16(10-12)7-4-8-20-13-5-2-1-3-6-13/h1-3,5-6,12H,4,7-11H2,(H2,15,18,19). The maximum atomic E-state index is 11.8. The van der Waals surface area contributed by atoms with Crippen LogP contribution in [0.3, 0.4) is 0 Å². The maximum absolute atomic E-state index is 11.8. The Morgan fingerprint density at radius 1 is 1.29 bits per heavy atom. The van der Waals surface area contributed by atoms with Crippen LogP contribution in [0.1, 0.15) is 12.8 Å². The lowest BCUT2D eigenvalue weighted by Crippen LogP contribution is -2.28. The van der Waals surface area contributed by atoms with Crippen molar-refractivity contribution >= 4 is 27.7 Å². The van der Waals surface area contributed by atoms with Crippen molar-refractivity contribution in [2.45, 2.75) is 17.7 Å². The summed E-state index contributed by atoms with van der Waals surface area (Å²) in [7, 11) is -3.50. The first-order valence-corrected chi connectivity index (χ1v) is 9.60. The van der Waals surface area contributed by atoms with Crippen molar-refractivity contribution in [2.75, 3.05) is 24.6 Å². The molecule has 1 fully saturated rings. The Morgan fingerprint density at radius 3 is 2.67 bits per heavy atom. The molecule has 0 radical (unpaired) electrons. The molecule has 0 saturated carbocycles. The van der Waals surface area contributed by atoms with E-state index in [1.165, 1.54) is 4.90 Å². The van der Waals surface area contributed by atoms with E-state index in [0.29, 0.717) is 19.5 Å². The quantitative estimate of drug-likeness (QED) is 0.604. The molecule has 5 nitrogen and oxygen atoms in total. The van der Waals surface area contributed by atoms with Crippen LogP contribution in [0.4, 0.5) is 0 Å². The number of nitrogens with zero attached hydrogens (tertiary/aromatic N) is 1. The molecular weight excluding hydrogens is 308 g/mol. The van der Waals surface area contributed by atoms with Gasteiger partial charge in [-0.05, 0) is 24.3 Å². The van der Waals surface area contributed by atoms with Gasteiger partial charge in [0.05, 0.1) is 5.75 Å². The fourth-order valence-corrected chi connectivity index (χ4v) is 4.21. The molecular formula is C14H20N2O3S2. The molecule has 1 heterocycles. The van der Waals surface area contributed by atoms with Gasteiger partial charge in [-0.2, -0.15) is 0 Å². The topological polar surface area (TPSA) is 80.5 Å². The van der Waals surface area contributed by atoms with Gasteiger partial charge < -0.3 is 4.90 Å². The number of hydrogen-bond acceptors (Lipinski definition) is 4. The third-order valence-electron chi connectivity index (χ3n) is 3.35. The Morgan fingerprint density at radius 2 is 2.00 bits per heavy atom. The smallest absolute Gasteiger partial charge is 0.222 e. The van der Waals surface area contributed by atoms with Crippen LogP contribution >= 0.6 is 11.8 Å². The zero-order valence-electron chi connectivity index (χ0n) is 11.8. The fraction of sp³-hybridized carbons (Fsp3) is 0.500. The van der Waals surface area contributed by atoms with Crippen LogP contribution in [0, 0.1) is 5.92 Å². The SMILES string of the molecule is NS(=O)(=O)CC1CC(=O)N(CCCSc2ccccc2)C1. The summed E-state index contributed by atoms with van der Waals surface area (Å²) in [5, 5.41) is 5.03. The van der Waals surface area contributed by atoms with Crippen LogP contribution in [0.15, 0.2) is 35.2 Å². The molecule has 0 spiro atoms. The van der Waals surface area contributed by atoms with Crippen LogP contribution in [0.5, 0.6) is 0 Å². The summed E-state index contributed by atoms with van der Waals surface area (Å²) in [6.07, 6.45) is 1.19. The Kier molecular flexibility index (Phi) is 5.66. The number of thioether (sulfide) groups is 1. The minimum absolute atomic E-state index is 0.0355. The highest BCUT2D eigenvalue weighted by Crippen LogP contribution is 2.21. The van der Waals surface area contributed by atoms with Crippen molar-refractivity contribution < 1.29 is 13.2 Å². The van der Waals surface area contributed by atoms with Crippen LogP contribution in [0.25, 0.3) is 0 Å². The number of rotatable bonds is 7. The molecule has 1 amide bonds. The van der Waals surface area contributed by atoms with Crippen molar-refractivity contribution in [3.05, 3.63) is 30.3 Å². The summed E-state index contributed by atoms with van der Waals surface area (Å²) in [5.41, 5.74) is 0. The molecule has 116 valence electrons. The molecule has 1 atom stereocenters. The predicted octanol–water partition coefficient (Wildman–Crippen LogP) is 1.31. The molecule has 2 N–H and O–H groups in total. The molecule has 7 heteroatoms. The van der Waals surface area contributed by atoms with Gasteiger partial charge in [0.25, 0.3) is 0 Å². The summed E-state index contributed by atoms with van der Waals surface area (Å²) in [6, 6.07) is 10.1. The van der Waals surface area contributed by atoms with Crippen LogP contribution in [0.2, 0.25) is 0 Å². The summed E-state index contributed by atoms with van der Waals surface area (Å²) in [5.74, 6) is 0.712. The summed E-state index contributed by atoms with van der Waals surface area (Å²) < 4.78 is 22.1. The van der Waals surface area contributed by atoms with Crippen molar-refractivity contribution in [2.24, 2.45) is 11.1 Å². The van der Waals surface area contributed by atoms with E-state index in [0.717, 1.165) is 12.2 Å². The third-order valence-corrected chi connectivity index (χ3v) is 5.38. The first kappa shape index (κ1) is 16.3. The zero-order chi connectivity index (χ0) is 15.3. The number of amides is 1. The second-order valence-corrected chi connectivity index (χ2v) is 8.08. The van der Waals surface area contributed by atoms with E-state index < -0.39 is 10.0 Å². The zero-order valence-corrected chi connectivity index (χ0v) is 13.4. The van der Waals surface area contributed by atoms with Crippen LogP contribution < -0.4 is 5.14 Å². The summed E-state index contributed by atoms with van der Waals surface area (Å²) >= 11 is 1.76. The number of hydrogen-bond donors (Lipinski definition) is 1. The monoisotopic (exact) mass is 328 g/mol. The molecule has 0 aliphatic carbocycles. The molecule has 21 heavy (non-hydrogen) atoms. The molecule has 2 rings (SSSR count). The second kappa shape index (κ2) is 7.29. The molecule has 1 aliphatic rings. The predicted molar refractivity (Wildman–Crippen MR) is 84.4 cm³/mol. The minimum atomic E-state index is -3.50. The van der Waals surface area contributed by atoms with Crippen molar-refractivity contribution in [3.8, 4) is 0 Å². The molecule has 0 aromatic heterocycles. The maximum Gasteiger partial charge on any atom is 0.222 e. The highest BCUT2D eigenvalue weighted by molar-refractivity contribution is 7.99. The number of carbonyl (C=O) groups excluding carboxylic acids is 1. The van der Waals surface area contributed by atoms with Crippen molar-refractivity contribution in [1.82, 2.24) is 4.90 Å². The van der Waals surface area contributed by atoms with E-state index in [2.05, 4.69) is 12.1 Å². The lowest BCUT2D eigenvalue weighted by Gasteiger charge is -2.16. The van der Waals surface area contributed by atoms with Crippen molar-refractivity contribution in [1.29, 1.82) is 0 Å². The highest BCUT2D eigenvalue weighted by Gasteiger charge is 2.31. The largest absolute Gasteiger partial charge is 0.342 e. The molecule has 1 saturated heterocycles. The van der Waals surface area contributed by atoms with Gasteiger partial charge in [-0.3, -0.25) is 4.79 Å². The van der Waals surface area contributed by atoms with E-state index in [1.54, 1.807) is 16.7 Å². The molecule has 1 aliphatic heterocycles. The van der Waals surface area contributed by atoms with Gasteiger partial charge in [-0.25, -0.2) is 13.6 Å². The van der Waals surface area contributed by atoms with Gasteiger partial charge >= 0.3 is 0 Å².